The average Bonchev–Trinajstić information content (AvgIpc) is 2.68. The fourth-order valence-corrected chi connectivity index (χ4v) is 2.49. The third-order valence-electron chi connectivity index (χ3n) is 2.05. The quantitative estimate of drug-likeness (QED) is 0.879. The topological polar surface area (TPSA) is 38.9 Å². The Labute approximate surface area is 107 Å². The molecule has 4 heteroatoms. The maximum Gasteiger partial charge on any atom is 0.0945 e. The summed E-state index contributed by atoms with van der Waals surface area (Å²) in [6.07, 6.45) is 0.870. The summed E-state index contributed by atoms with van der Waals surface area (Å²) in [7, 11) is 0. The minimum Gasteiger partial charge on any atom is -0.330 e. The van der Waals surface area contributed by atoms with Gasteiger partial charge in [0.05, 0.1) is 10.7 Å². The third kappa shape index (κ3) is 2.76. The number of aromatic nitrogens is 1. The predicted molar refractivity (Wildman–Crippen MR) is 73.0 cm³/mol. The van der Waals surface area contributed by atoms with Crippen LogP contribution in [0.2, 0.25) is 0 Å². The Bertz CT molecular complexity index is 436. The molecule has 0 saturated heterocycles. The first-order valence-electron chi connectivity index (χ1n) is 4.70. The van der Waals surface area contributed by atoms with Crippen LogP contribution in [0.3, 0.4) is 0 Å². The molecule has 2 rings (SSSR count). The number of rotatable bonds is 3. The summed E-state index contributed by atoms with van der Waals surface area (Å²) in [4.78, 5) is 4.54. The maximum atomic E-state index is 5.49. The Morgan fingerprint density at radius 3 is 2.67 bits per heavy atom. The minimum atomic E-state index is 0.666. The van der Waals surface area contributed by atoms with E-state index in [0.29, 0.717) is 6.54 Å². The summed E-state index contributed by atoms with van der Waals surface area (Å²) in [6, 6.07) is 8.39. The van der Waals surface area contributed by atoms with Crippen LogP contribution >= 0.6 is 33.9 Å². The summed E-state index contributed by atoms with van der Waals surface area (Å²) >= 11 is 3.98. The second-order valence-electron chi connectivity index (χ2n) is 3.17. The molecular weight excluding hydrogens is 319 g/mol. The predicted octanol–water partition coefficient (Wildman–Crippen LogP) is 2.92. The molecule has 1 aromatic heterocycles. The van der Waals surface area contributed by atoms with Crippen LogP contribution in [-0.2, 0) is 6.42 Å². The largest absolute Gasteiger partial charge is 0.330 e. The summed E-state index contributed by atoms with van der Waals surface area (Å²) in [5.74, 6) is 0. The average molecular weight is 330 g/mol. The van der Waals surface area contributed by atoms with Gasteiger partial charge >= 0.3 is 0 Å². The Morgan fingerprint density at radius 2 is 2.00 bits per heavy atom. The van der Waals surface area contributed by atoms with Crippen molar-refractivity contribution in [3.8, 4) is 11.3 Å². The fraction of sp³-hybridized carbons (Fsp3) is 0.182. The number of benzene rings is 1. The number of halogens is 1. The Kier molecular flexibility index (Phi) is 3.71. The summed E-state index contributed by atoms with van der Waals surface area (Å²) in [5.41, 5.74) is 7.73. The van der Waals surface area contributed by atoms with Gasteiger partial charge in [-0.3, -0.25) is 0 Å². The molecule has 0 atom stereocenters. The molecule has 2 aromatic rings. The van der Waals surface area contributed by atoms with Gasteiger partial charge < -0.3 is 5.73 Å². The lowest BCUT2D eigenvalue weighted by Gasteiger charge is -1.96. The van der Waals surface area contributed by atoms with Crippen LogP contribution in [0.15, 0.2) is 29.6 Å². The van der Waals surface area contributed by atoms with Crippen LogP contribution in [0.25, 0.3) is 11.3 Å². The van der Waals surface area contributed by atoms with Gasteiger partial charge in [-0.1, -0.05) is 12.1 Å². The second kappa shape index (κ2) is 5.05. The van der Waals surface area contributed by atoms with Crippen LogP contribution in [0.4, 0.5) is 0 Å². The molecule has 2 N–H and O–H groups in total. The van der Waals surface area contributed by atoms with Crippen molar-refractivity contribution in [2.75, 3.05) is 6.54 Å². The lowest BCUT2D eigenvalue weighted by Crippen LogP contribution is -2.01. The number of thiazole rings is 1. The fourth-order valence-electron chi connectivity index (χ4n) is 1.30. The van der Waals surface area contributed by atoms with Gasteiger partial charge in [-0.2, -0.15) is 0 Å². The van der Waals surface area contributed by atoms with E-state index in [0.717, 1.165) is 17.1 Å². The molecule has 1 aromatic carbocycles. The lowest BCUT2D eigenvalue weighted by atomic mass is 10.2. The van der Waals surface area contributed by atoms with Crippen LogP contribution in [-0.4, -0.2) is 11.5 Å². The van der Waals surface area contributed by atoms with E-state index in [9.17, 15) is 0 Å². The molecule has 0 saturated carbocycles. The van der Waals surface area contributed by atoms with Crippen molar-refractivity contribution in [1.29, 1.82) is 0 Å². The molecular formula is C11H11IN2S. The van der Waals surface area contributed by atoms with Gasteiger partial charge in [0.2, 0.25) is 0 Å². The van der Waals surface area contributed by atoms with E-state index >= 15 is 0 Å². The van der Waals surface area contributed by atoms with E-state index in [2.05, 4.69) is 57.2 Å². The first kappa shape index (κ1) is 11.0. The van der Waals surface area contributed by atoms with Gasteiger partial charge in [0.25, 0.3) is 0 Å². The number of nitrogens with two attached hydrogens (primary N) is 1. The van der Waals surface area contributed by atoms with E-state index in [4.69, 9.17) is 5.73 Å². The molecule has 0 fully saturated rings. The van der Waals surface area contributed by atoms with Gasteiger partial charge in [0, 0.05) is 20.9 Å². The maximum absolute atomic E-state index is 5.49. The molecule has 0 bridgehead atoms. The molecule has 0 aliphatic heterocycles. The zero-order valence-corrected chi connectivity index (χ0v) is 11.1. The van der Waals surface area contributed by atoms with Crippen molar-refractivity contribution in [2.45, 2.75) is 6.42 Å². The highest BCUT2D eigenvalue weighted by Gasteiger charge is 2.03. The van der Waals surface area contributed by atoms with Crippen molar-refractivity contribution < 1.29 is 0 Å². The van der Waals surface area contributed by atoms with Crippen molar-refractivity contribution in [3.05, 3.63) is 38.2 Å². The van der Waals surface area contributed by atoms with Crippen molar-refractivity contribution in [2.24, 2.45) is 5.73 Å². The standard InChI is InChI=1S/C11H11IN2S/c12-9-3-1-8(2-4-9)10-7-15-11(14-10)5-6-13/h1-4,7H,5-6,13H2. The highest BCUT2D eigenvalue weighted by atomic mass is 127. The van der Waals surface area contributed by atoms with Gasteiger partial charge in [0.15, 0.2) is 0 Å². The van der Waals surface area contributed by atoms with Gasteiger partial charge in [-0.15, -0.1) is 11.3 Å². The monoisotopic (exact) mass is 330 g/mol. The second-order valence-corrected chi connectivity index (χ2v) is 5.36. The van der Waals surface area contributed by atoms with Crippen LogP contribution in [0.5, 0.6) is 0 Å². The third-order valence-corrected chi connectivity index (χ3v) is 3.68. The number of nitrogens with zero attached hydrogens (tertiary/aromatic N) is 1. The molecule has 0 unspecified atom stereocenters. The number of hydrogen-bond donors (Lipinski definition) is 1. The summed E-state index contributed by atoms with van der Waals surface area (Å²) in [5, 5.41) is 3.21. The van der Waals surface area contributed by atoms with Crippen LogP contribution in [0.1, 0.15) is 5.01 Å². The van der Waals surface area contributed by atoms with E-state index < -0.39 is 0 Å². The van der Waals surface area contributed by atoms with E-state index in [1.54, 1.807) is 11.3 Å². The number of hydrogen-bond acceptors (Lipinski definition) is 3. The highest BCUT2D eigenvalue weighted by Crippen LogP contribution is 2.22. The highest BCUT2D eigenvalue weighted by molar-refractivity contribution is 14.1. The van der Waals surface area contributed by atoms with Gasteiger partial charge in [-0.25, -0.2) is 4.98 Å². The normalized spacial score (nSPS) is 10.5. The van der Waals surface area contributed by atoms with Crippen molar-refractivity contribution >= 4 is 33.9 Å². The van der Waals surface area contributed by atoms with Crippen molar-refractivity contribution in [1.82, 2.24) is 4.98 Å². The molecule has 15 heavy (non-hydrogen) atoms. The van der Waals surface area contributed by atoms with Crippen LogP contribution < -0.4 is 5.73 Å². The molecule has 78 valence electrons. The molecule has 0 aliphatic rings. The summed E-state index contributed by atoms with van der Waals surface area (Å²) < 4.78 is 1.24. The molecule has 0 aliphatic carbocycles. The van der Waals surface area contributed by atoms with Crippen LogP contribution in [0, 0.1) is 3.57 Å². The molecule has 0 radical (unpaired) electrons. The molecule has 0 spiro atoms. The van der Waals surface area contributed by atoms with E-state index in [1.165, 1.54) is 9.13 Å². The SMILES string of the molecule is NCCc1nc(-c2ccc(I)cc2)cs1. The molecule has 1 heterocycles. The Morgan fingerprint density at radius 1 is 1.27 bits per heavy atom. The Balaban J connectivity index is 2.25. The zero-order chi connectivity index (χ0) is 10.7. The van der Waals surface area contributed by atoms with Gasteiger partial charge in [0.1, 0.15) is 0 Å². The minimum absolute atomic E-state index is 0.666. The van der Waals surface area contributed by atoms with E-state index in [-0.39, 0.29) is 0 Å². The van der Waals surface area contributed by atoms with E-state index in [1.807, 2.05) is 0 Å². The molecule has 2 nitrogen and oxygen atoms in total. The summed E-state index contributed by atoms with van der Waals surface area (Å²) in [6.45, 7) is 0.666. The van der Waals surface area contributed by atoms with Crippen molar-refractivity contribution in [3.63, 3.8) is 0 Å². The zero-order valence-electron chi connectivity index (χ0n) is 8.11. The van der Waals surface area contributed by atoms with Gasteiger partial charge in [-0.05, 0) is 41.3 Å². The first-order valence-corrected chi connectivity index (χ1v) is 6.66. The smallest absolute Gasteiger partial charge is 0.0945 e. The lowest BCUT2D eigenvalue weighted by molar-refractivity contribution is 0.954. The Hall–Kier alpha value is -0.460. The molecule has 0 amide bonds. The first-order chi connectivity index (χ1) is 7.29.